The molecule has 76 valence electrons. The standard InChI is InChI=1S/C11H14FNS/c1-3-9(13-2)6-8-4-5-10(14)7-11(8)12/h3-5,7,9,13-14H,1,6H2,2H3. The lowest BCUT2D eigenvalue weighted by atomic mass is 10.1. The number of nitrogens with one attached hydrogen (secondary N) is 1. The maximum atomic E-state index is 13.4. The van der Waals surface area contributed by atoms with Crippen LogP contribution in [0.5, 0.6) is 0 Å². The fourth-order valence-corrected chi connectivity index (χ4v) is 1.43. The largest absolute Gasteiger partial charge is 0.313 e. The van der Waals surface area contributed by atoms with E-state index >= 15 is 0 Å². The first-order valence-corrected chi connectivity index (χ1v) is 4.89. The Bertz CT molecular complexity index is 325. The molecule has 0 amide bonds. The molecule has 1 unspecified atom stereocenters. The summed E-state index contributed by atoms with van der Waals surface area (Å²) in [6.07, 6.45) is 2.38. The quantitative estimate of drug-likeness (QED) is 0.576. The van der Waals surface area contributed by atoms with Crippen molar-refractivity contribution >= 4 is 12.6 Å². The molecule has 0 saturated carbocycles. The van der Waals surface area contributed by atoms with Crippen LogP contribution in [-0.2, 0) is 6.42 Å². The van der Waals surface area contributed by atoms with Crippen molar-refractivity contribution in [3.8, 4) is 0 Å². The van der Waals surface area contributed by atoms with Crippen LogP contribution < -0.4 is 5.32 Å². The maximum Gasteiger partial charge on any atom is 0.127 e. The summed E-state index contributed by atoms with van der Waals surface area (Å²) < 4.78 is 13.4. The van der Waals surface area contributed by atoms with Crippen molar-refractivity contribution in [2.45, 2.75) is 17.4 Å². The van der Waals surface area contributed by atoms with Crippen LogP contribution in [0.4, 0.5) is 4.39 Å². The fraction of sp³-hybridized carbons (Fsp3) is 0.273. The van der Waals surface area contributed by atoms with E-state index in [-0.39, 0.29) is 11.9 Å². The number of hydrogen-bond donors (Lipinski definition) is 2. The average Bonchev–Trinajstić information content (AvgIpc) is 2.17. The molecule has 0 fully saturated rings. The number of benzene rings is 1. The topological polar surface area (TPSA) is 12.0 Å². The highest BCUT2D eigenvalue weighted by Gasteiger charge is 2.07. The highest BCUT2D eigenvalue weighted by molar-refractivity contribution is 7.80. The molecule has 1 N–H and O–H groups in total. The highest BCUT2D eigenvalue weighted by atomic mass is 32.1. The summed E-state index contributed by atoms with van der Waals surface area (Å²) >= 11 is 4.06. The second-order valence-electron chi connectivity index (χ2n) is 3.11. The molecule has 0 aliphatic heterocycles. The Labute approximate surface area is 89.4 Å². The van der Waals surface area contributed by atoms with Gasteiger partial charge in [-0.05, 0) is 31.2 Å². The van der Waals surface area contributed by atoms with Crippen molar-refractivity contribution in [1.82, 2.24) is 5.32 Å². The summed E-state index contributed by atoms with van der Waals surface area (Å²) in [4.78, 5) is 0.644. The smallest absolute Gasteiger partial charge is 0.127 e. The molecule has 1 nitrogen and oxygen atoms in total. The zero-order chi connectivity index (χ0) is 10.6. The first-order valence-electron chi connectivity index (χ1n) is 4.44. The molecule has 14 heavy (non-hydrogen) atoms. The van der Waals surface area contributed by atoms with E-state index in [1.165, 1.54) is 6.07 Å². The predicted molar refractivity (Wildman–Crippen MR) is 60.4 cm³/mol. The van der Waals surface area contributed by atoms with E-state index in [4.69, 9.17) is 0 Å². The van der Waals surface area contributed by atoms with E-state index < -0.39 is 0 Å². The van der Waals surface area contributed by atoms with Crippen LogP contribution >= 0.6 is 12.6 Å². The van der Waals surface area contributed by atoms with E-state index in [1.54, 1.807) is 18.2 Å². The lowest BCUT2D eigenvalue weighted by molar-refractivity contribution is 0.583. The van der Waals surface area contributed by atoms with E-state index in [1.807, 2.05) is 7.05 Å². The van der Waals surface area contributed by atoms with Crippen molar-refractivity contribution in [3.05, 3.63) is 42.2 Å². The molecule has 1 rings (SSSR count). The normalized spacial score (nSPS) is 12.5. The Kier molecular flexibility index (Phi) is 4.17. The first-order chi connectivity index (χ1) is 6.67. The minimum atomic E-state index is -0.209. The molecule has 3 heteroatoms. The predicted octanol–water partition coefficient (Wildman–Crippen LogP) is 2.43. The minimum absolute atomic E-state index is 0.107. The Morgan fingerprint density at radius 3 is 2.86 bits per heavy atom. The van der Waals surface area contributed by atoms with Crippen molar-refractivity contribution in [2.75, 3.05) is 7.05 Å². The molecular formula is C11H14FNS. The number of rotatable bonds is 4. The van der Waals surface area contributed by atoms with Gasteiger partial charge < -0.3 is 5.32 Å². The lowest BCUT2D eigenvalue weighted by Gasteiger charge is -2.11. The van der Waals surface area contributed by atoms with Crippen LogP contribution in [-0.4, -0.2) is 13.1 Å². The zero-order valence-electron chi connectivity index (χ0n) is 8.13. The number of thiol groups is 1. The van der Waals surface area contributed by atoms with Crippen LogP contribution in [0.2, 0.25) is 0 Å². The SMILES string of the molecule is C=CC(Cc1ccc(S)cc1F)NC. The van der Waals surface area contributed by atoms with Crippen molar-refractivity contribution in [2.24, 2.45) is 0 Å². The van der Waals surface area contributed by atoms with Gasteiger partial charge in [0.25, 0.3) is 0 Å². The van der Waals surface area contributed by atoms with Crippen molar-refractivity contribution in [1.29, 1.82) is 0 Å². The fourth-order valence-electron chi connectivity index (χ4n) is 1.24. The molecular weight excluding hydrogens is 197 g/mol. The number of likely N-dealkylation sites (N-methyl/N-ethyl adjacent to an activating group) is 1. The van der Waals surface area contributed by atoms with E-state index in [0.29, 0.717) is 16.9 Å². The third-order valence-corrected chi connectivity index (χ3v) is 2.41. The summed E-state index contributed by atoms with van der Waals surface area (Å²) in [5, 5.41) is 3.04. The van der Waals surface area contributed by atoms with Gasteiger partial charge >= 0.3 is 0 Å². The number of halogens is 1. The third-order valence-electron chi connectivity index (χ3n) is 2.13. The van der Waals surface area contributed by atoms with Gasteiger partial charge in [0.15, 0.2) is 0 Å². The molecule has 0 aromatic heterocycles. The maximum absolute atomic E-state index is 13.4. The Morgan fingerprint density at radius 1 is 1.64 bits per heavy atom. The van der Waals surface area contributed by atoms with Gasteiger partial charge in [-0.25, -0.2) is 4.39 Å². The third kappa shape index (κ3) is 2.86. The van der Waals surface area contributed by atoms with Crippen molar-refractivity contribution in [3.63, 3.8) is 0 Å². The van der Waals surface area contributed by atoms with Crippen LogP contribution in [0.25, 0.3) is 0 Å². The first kappa shape index (κ1) is 11.3. The molecule has 0 aliphatic rings. The Balaban J connectivity index is 2.80. The molecule has 1 aromatic rings. The van der Waals surface area contributed by atoms with Gasteiger partial charge in [-0.2, -0.15) is 0 Å². The summed E-state index contributed by atoms with van der Waals surface area (Å²) in [7, 11) is 1.83. The van der Waals surface area contributed by atoms with E-state index in [2.05, 4.69) is 24.5 Å². The van der Waals surface area contributed by atoms with Gasteiger partial charge in [-0.15, -0.1) is 19.2 Å². The van der Waals surface area contributed by atoms with Crippen LogP contribution in [0, 0.1) is 5.82 Å². The van der Waals surface area contributed by atoms with Crippen LogP contribution in [0.15, 0.2) is 35.7 Å². The molecule has 0 saturated heterocycles. The molecule has 0 heterocycles. The molecule has 0 radical (unpaired) electrons. The zero-order valence-corrected chi connectivity index (χ0v) is 9.02. The van der Waals surface area contributed by atoms with E-state index in [0.717, 1.165) is 0 Å². The monoisotopic (exact) mass is 211 g/mol. The van der Waals surface area contributed by atoms with Crippen molar-refractivity contribution < 1.29 is 4.39 Å². The average molecular weight is 211 g/mol. The molecule has 1 atom stereocenters. The lowest BCUT2D eigenvalue weighted by Crippen LogP contribution is -2.25. The molecule has 0 aliphatic carbocycles. The van der Waals surface area contributed by atoms with Gasteiger partial charge in [-0.3, -0.25) is 0 Å². The Morgan fingerprint density at radius 2 is 2.36 bits per heavy atom. The van der Waals surface area contributed by atoms with Gasteiger partial charge in [0.05, 0.1) is 0 Å². The van der Waals surface area contributed by atoms with Crippen LogP contribution in [0.1, 0.15) is 5.56 Å². The highest BCUT2D eigenvalue weighted by Crippen LogP contribution is 2.14. The van der Waals surface area contributed by atoms with Crippen LogP contribution in [0.3, 0.4) is 0 Å². The minimum Gasteiger partial charge on any atom is -0.313 e. The summed E-state index contributed by atoms with van der Waals surface area (Å²) in [6.45, 7) is 3.68. The molecule has 0 spiro atoms. The van der Waals surface area contributed by atoms with Gasteiger partial charge in [-0.1, -0.05) is 12.1 Å². The molecule has 1 aromatic carbocycles. The Hall–Kier alpha value is -0.800. The summed E-state index contributed by atoms with van der Waals surface area (Å²) in [6, 6.07) is 5.08. The molecule has 0 bridgehead atoms. The van der Waals surface area contributed by atoms with Gasteiger partial charge in [0.1, 0.15) is 5.82 Å². The second-order valence-corrected chi connectivity index (χ2v) is 3.63. The van der Waals surface area contributed by atoms with E-state index in [9.17, 15) is 4.39 Å². The summed E-state index contributed by atoms with van der Waals surface area (Å²) in [5.74, 6) is -0.209. The van der Waals surface area contributed by atoms with Gasteiger partial charge in [0, 0.05) is 10.9 Å². The van der Waals surface area contributed by atoms with Gasteiger partial charge in [0.2, 0.25) is 0 Å². The second kappa shape index (κ2) is 5.17. The summed E-state index contributed by atoms with van der Waals surface area (Å²) in [5.41, 5.74) is 0.682. The number of hydrogen-bond acceptors (Lipinski definition) is 2.